The fourth-order valence-electron chi connectivity index (χ4n) is 3.50. The molecule has 0 bridgehead atoms. The summed E-state index contributed by atoms with van der Waals surface area (Å²) in [7, 11) is 0. The zero-order valence-corrected chi connectivity index (χ0v) is 16.6. The highest BCUT2D eigenvalue weighted by atomic mass is 16.3. The number of fused-ring (bicyclic) bond motifs is 1. The van der Waals surface area contributed by atoms with Crippen molar-refractivity contribution in [2.45, 2.75) is 44.7 Å². The van der Waals surface area contributed by atoms with Gasteiger partial charge in [-0.3, -0.25) is 4.99 Å². The van der Waals surface area contributed by atoms with E-state index in [0.717, 1.165) is 44.0 Å². The average molecular weight is 379 g/mol. The van der Waals surface area contributed by atoms with E-state index < -0.39 is 0 Å². The van der Waals surface area contributed by atoms with Crippen LogP contribution in [0.15, 0.2) is 82.1 Å². The minimum absolute atomic E-state index is 0.00270. The molecule has 0 aromatic rings. The predicted molar refractivity (Wildman–Crippen MR) is 118 cm³/mol. The summed E-state index contributed by atoms with van der Waals surface area (Å²) in [6.07, 6.45) is 19.5. The third kappa shape index (κ3) is 5.42. The van der Waals surface area contributed by atoms with E-state index in [-0.39, 0.29) is 17.8 Å². The summed E-state index contributed by atoms with van der Waals surface area (Å²) < 4.78 is 0. The van der Waals surface area contributed by atoms with Crippen molar-refractivity contribution in [3.63, 3.8) is 0 Å². The van der Waals surface area contributed by atoms with Crippen LogP contribution in [-0.2, 0) is 0 Å². The number of nitrogens with two attached hydrogens (primary N) is 1. The first-order chi connectivity index (χ1) is 13.5. The van der Waals surface area contributed by atoms with Crippen LogP contribution in [-0.4, -0.2) is 46.9 Å². The van der Waals surface area contributed by atoms with Crippen molar-refractivity contribution in [3.8, 4) is 0 Å². The van der Waals surface area contributed by atoms with Crippen molar-refractivity contribution in [1.82, 2.24) is 4.90 Å². The van der Waals surface area contributed by atoms with E-state index in [0.29, 0.717) is 6.42 Å². The normalized spacial score (nSPS) is 27.4. The van der Waals surface area contributed by atoms with E-state index in [9.17, 15) is 0 Å². The number of aliphatic hydroxyl groups is 1. The number of nitrogens with zero attached hydrogens (tertiary/aromatic N) is 3. The lowest BCUT2D eigenvalue weighted by Crippen LogP contribution is -2.45. The molecular formula is C23H30N4O. The third-order valence-electron chi connectivity index (χ3n) is 5.09. The molecule has 0 radical (unpaired) electrons. The van der Waals surface area contributed by atoms with E-state index in [1.807, 2.05) is 12.2 Å². The van der Waals surface area contributed by atoms with E-state index in [1.54, 1.807) is 12.2 Å². The molecule has 3 rings (SSSR count). The smallest absolute Gasteiger partial charge is 0.136 e. The maximum Gasteiger partial charge on any atom is 0.136 e. The third-order valence-corrected chi connectivity index (χ3v) is 5.09. The largest absolute Gasteiger partial charge is 0.509 e. The van der Waals surface area contributed by atoms with Gasteiger partial charge in [-0.25, -0.2) is 4.99 Å². The van der Waals surface area contributed by atoms with E-state index in [2.05, 4.69) is 42.7 Å². The van der Waals surface area contributed by atoms with Gasteiger partial charge in [0.25, 0.3) is 0 Å². The van der Waals surface area contributed by atoms with Crippen LogP contribution >= 0.6 is 0 Å². The van der Waals surface area contributed by atoms with E-state index >= 15 is 0 Å². The van der Waals surface area contributed by atoms with Crippen molar-refractivity contribution in [2.75, 3.05) is 13.1 Å². The maximum absolute atomic E-state index is 9.10. The molecule has 3 N–H and O–H groups in total. The molecule has 148 valence electrons. The van der Waals surface area contributed by atoms with Gasteiger partial charge in [-0.1, -0.05) is 54.7 Å². The van der Waals surface area contributed by atoms with Crippen LogP contribution in [0.25, 0.3) is 0 Å². The first-order valence-corrected chi connectivity index (χ1v) is 9.95. The lowest BCUT2D eigenvalue weighted by atomic mass is 9.96. The molecule has 2 aliphatic heterocycles. The first-order valence-electron chi connectivity index (χ1n) is 9.95. The van der Waals surface area contributed by atoms with Crippen molar-refractivity contribution < 1.29 is 5.11 Å². The zero-order chi connectivity index (χ0) is 19.9. The van der Waals surface area contributed by atoms with Gasteiger partial charge in [-0.2, -0.15) is 0 Å². The molecule has 1 fully saturated rings. The number of piperidine rings is 1. The molecular weight excluding hydrogens is 348 g/mol. The Hall–Kier alpha value is -2.66. The van der Waals surface area contributed by atoms with Gasteiger partial charge >= 0.3 is 0 Å². The Morgan fingerprint density at radius 2 is 2.11 bits per heavy atom. The second-order valence-electron chi connectivity index (χ2n) is 7.44. The van der Waals surface area contributed by atoms with Crippen LogP contribution in [0.5, 0.6) is 0 Å². The Morgan fingerprint density at radius 1 is 1.32 bits per heavy atom. The average Bonchev–Trinajstić information content (AvgIpc) is 2.65. The molecule has 1 atom stereocenters. The summed E-state index contributed by atoms with van der Waals surface area (Å²) in [5.41, 5.74) is 8.55. The van der Waals surface area contributed by atoms with Crippen LogP contribution in [0.4, 0.5) is 0 Å². The lowest BCUT2D eigenvalue weighted by molar-refractivity contribution is 0.313. The number of aliphatic imine (C=N–C) groups is 2. The Balaban J connectivity index is 1.84. The van der Waals surface area contributed by atoms with E-state index in [4.69, 9.17) is 20.8 Å². The molecule has 1 saturated heterocycles. The fourth-order valence-corrected chi connectivity index (χ4v) is 3.50. The van der Waals surface area contributed by atoms with Crippen LogP contribution in [0.1, 0.15) is 32.6 Å². The van der Waals surface area contributed by atoms with Gasteiger partial charge in [0.1, 0.15) is 17.4 Å². The van der Waals surface area contributed by atoms with Crippen molar-refractivity contribution in [2.24, 2.45) is 15.7 Å². The molecule has 0 amide bonds. The standard InChI is InChI=1S/C23H30N4O/c1-17-7-6-9-20-21(12-11-17)25-22(10-5-3-4-8-18(2)28)26-23(20)27-15-13-19(24)14-16-27/h3-5,7-9,11-12,19,21,28H,2,6,10,13-16,24H2,1H3/b5-3-,8-4-,12-11?,17-7-,20-9+. The van der Waals surface area contributed by atoms with Crippen molar-refractivity contribution in [3.05, 3.63) is 72.1 Å². The molecule has 2 heterocycles. The van der Waals surface area contributed by atoms with Crippen molar-refractivity contribution >= 4 is 11.7 Å². The molecule has 1 aliphatic carbocycles. The second kappa shape index (κ2) is 9.51. The molecule has 0 saturated carbocycles. The summed E-state index contributed by atoms with van der Waals surface area (Å²) in [4.78, 5) is 12.2. The van der Waals surface area contributed by atoms with Gasteiger partial charge in [0, 0.05) is 31.1 Å². The van der Waals surface area contributed by atoms with Crippen LogP contribution in [0.3, 0.4) is 0 Å². The van der Waals surface area contributed by atoms with Crippen LogP contribution in [0, 0.1) is 0 Å². The van der Waals surface area contributed by atoms with Gasteiger partial charge in [0.2, 0.25) is 0 Å². The summed E-state index contributed by atoms with van der Waals surface area (Å²) in [5, 5.41) is 9.10. The van der Waals surface area contributed by atoms with Gasteiger partial charge in [0.05, 0.1) is 6.04 Å². The summed E-state index contributed by atoms with van der Waals surface area (Å²) >= 11 is 0. The summed E-state index contributed by atoms with van der Waals surface area (Å²) in [6.45, 7) is 7.43. The molecule has 0 aromatic heterocycles. The number of likely N-dealkylation sites (tertiary alicyclic amines) is 1. The summed E-state index contributed by atoms with van der Waals surface area (Å²) in [6, 6.07) is 0.292. The van der Waals surface area contributed by atoms with Gasteiger partial charge in [-0.05, 0) is 32.3 Å². The number of hydrogen-bond acceptors (Lipinski definition) is 5. The number of aliphatic hydroxyl groups excluding tert-OH is 1. The van der Waals surface area contributed by atoms with Crippen LogP contribution < -0.4 is 5.73 Å². The van der Waals surface area contributed by atoms with Crippen LogP contribution in [0.2, 0.25) is 0 Å². The minimum Gasteiger partial charge on any atom is -0.509 e. The highest BCUT2D eigenvalue weighted by Crippen LogP contribution is 2.25. The summed E-state index contributed by atoms with van der Waals surface area (Å²) in [5.74, 6) is 1.92. The molecule has 5 nitrogen and oxygen atoms in total. The number of amidine groups is 2. The lowest BCUT2D eigenvalue weighted by Gasteiger charge is -2.36. The topological polar surface area (TPSA) is 74.2 Å². The number of rotatable bonds is 4. The Morgan fingerprint density at radius 3 is 2.86 bits per heavy atom. The molecule has 1 unspecified atom stereocenters. The zero-order valence-electron chi connectivity index (χ0n) is 16.6. The first kappa shape index (κ1) is 20.1. The van der Waals surface area contributed by atoms with Gasteiger partial charge < -0.3 is 15.7 Å². The quantitative estimate of drug-likeness (QED) is 0.574. The molecule has 0 aromatic carbocycles. The Labute approximate surface area is 167 Å². The molecule has 3 aliphatic rings. The molecule has 5 heteroatoms. The van der Waals surface area contributed by atoms with E-state index in [1.165, 1.54) is 11.1 Å². The number of hydrogen-bond donors (Lipinski definition) is 2. The fraction of sp³-hybridized carbons (Fsp3) is 0.391. The highest BCUT2D eigenvalue weighted by Gasteiger charge is 2.28. The highest BCUT2D eigenvalue weighted by molar-refractivity contribution is 6.09. The van der Waals surface area contributed by atoms with Gasteiger partial charge in [-0.15, -0.1) is 0 Å². The predicted octanol–water partition coefficient (Wildman–Crippen LogP) is 4.00. The monoisotopic (exact) mass is 378 g/mol. The second-order valence-corrected chi connectivity index (χ2v) is 7.44. The Kier molecular flexibility index (Phi) is 6.82. The minimum atomic E-state index is 0.00270. The number of allylic oxidation sites excluding steroid dienone is 7. The van der Waals surface area contributed by atoms with Gasteiger partial charge in [0.15, 0.2) is 0 Å². The molecule has 28 heavy (non-hydrogen) atoms. The van der Waals surface area contributed by atoms with Crippen molar-refractivity contribution in [1.29, 1.82) is 0 Å². The molecule has 0 spiro atoms. The Bertz CT molecular complexity index is 802. The maximum atomic E-state index is 9.10. The SMILES string of the molecule is C=C(O)/C=C\C=C/CC1=NC2C=C/C(C)=C\C/C=C\2C(N2CCC(N)CC2)=N1.